The molecule has 1 aromatic heterocycles. The van der Waals surface area contributed by atoms with Gasteiger partial charge in [0.25, 0.3) is 11.8 Å². The minimum atomic E-state index is -0.313. The van der Waals surface area contributed by atoms with E-state index in [0.717, 1.165) is 22.4 Å². The molecule has 6 nitrogen and oxygen atoms in total. The fraction of sp³-hybridized carbons (Fsp3) is 0.261. The number of nitrogens with one attached hydrogen (secondary N) is 1. The highest BCUT2D eigenvalue weighted by Gasteiger charge is 2.26. The van der Waals surface area contributed by atoms with Crippen molar-refractivity contribution in [2.45, 2.75) is 31.0 Å². The molecule has 0 atom stereocenters. The van der Waals surface area contributed by atoms with Crippen LogP contribution in [0.2, 0.25) is 0 Å². The van der Waals surface area contributed by atoms with E-state index >= 15 is 0 Å². The van der Waals surface area contributed by atoms with Gasteiger partial charge in [0.2, 0.25) is 0 Å². The Morgan fingerprint density at radius 2 is 1.81 bits per heavy atom. The van der Waals surface area contributed by atoms with Gasteiger partial charge >= 0.3 is 0 Å². The molecule has 8 heteroatoms. The van der Waals surface area contributed by atoms with Crippen molar-refractivity contribution in [3.05, 3.63) is 82.9 Å². The molecule has 0 bridgehead atoms. The highest BCUT2D eigenvalue weighted by molar-refractivity contribution is 7.98. The smallest absolute Gasteiger partial charge is 0.272 e. The summed E-state index contributed by atoms with van der Waals surface area (Å²) in [5.41, 5.74) is 2.48. The van der Waals surface area contributed by atoms with Gasteiger partial charge in [-0.2, -0.15) is 5.10 Å². The molecule has 0 saturated heterocycles. The number of carbonyl (C=O) groups is 2. The van der Waals surface area contributed by atoms with Gasteiger partial charge in [0.05, 0.1) is 0 Å². The van der Waals surface area contributed by atoms with Gasteiger partial charge in [-0.3, -0.25) is 14.3 Å². The molecule has 31 heavy (non-hydrogen) atoms. The SMILES string of the molecule is CSc1ccc(CNC(=O)c2cc3n(n2)CCCN(Cc2ccc(F)cc2)C3=O)cc1. The molecule has 1 aliphatic rings. The van der Waals surface area contributed by atoms with Gasteiger partial charge in [-0.05, 0) is 48.1 Å². The van der Waals surface area contributed by atoms with Crippen molar-refractivity contribution in [3.8, 4) is 0 Å². The molecule has 1 N–H and O–H groups in total. The van der Waals surface area contributed by atoms with E-state index < -0.39 is 0 Å². The minimum absolute atomic E-state index is 0.180. The minimum Gasteiger partial charge on any atom is -0.347 e. The van der Waals surface area contributed by atoms with Crippen molar-refractivity contribution in [2.24, 2.45) is 0 Å². The van der Waals surface area contributed by atoms with E-state index in [1.807, 2.05) is 30.5 Å². The molecular formula is C23H23FN4O2S. The van der Waals surface area contributed by atoms with Gasteiger partial charge in [-0.1, -0.05) is 24.3 Å². The van der Waals surface area contributed by atoms with Crippen LogP contribution in [0.5, 0.6) is 0 Å². The van der Waals surface area contributed by atoms with Crippen LogP contribution in [0.3, 0.4) is 0 Å². The zero-order chi connectivity index (χ0) is 21.8. The predicted octanol–water partition coefficient (Wildman–Crippen LogP) is 3.72. The van der Waals surface area contributed by atoms with E-state index in [9.17, 15) is 14.0 Å². The highest BCUT2D eigenvalue weighted by atomic mass is 32.2. The van der Waals surface area contributed by atoms with Crippen molar-refractivity contribution in [1.29, 1.82) is 0 Å². The maximum atomic E-state index is 13.2. The van der Waals surface area contributed by atoms with E-state index in [1.54, 1.807) is 39.5 Å². The van der Waals surface area contributed by atoms with Gasteiger partial charge < -0.3 is 10.2 Å². The summed E-state index contributed by atoms with van der Waals surface area (Å²) in [4.78, 5) is 28.5. The Morgan fingerprint density at radius 1 is 1.10 bits per heavy atom. The number of rotatable bonds is 6. The van der Waals surface area contributed by atoms with Crippen molar-refractivity contribution >= 4 is 23.6 Å². The van der Waals surface area contributed by atoms with Gasteiger partial charge in [-0.25, -0.2) is 4.39 Å². The lowest BCUT2D eigenvalue weighted by molar-refractivity contribution is 0.0745. The lowest BCUT2D eigenvalue weighted by Crippen LogP contribution is -2.30. The molecule has 4 rings (SSSR count). The first-order valence-electron chi connectivity index (χ1n) is 10.1. The molecule has 1 aliphatic heterocycles. The van der Waals surface area contributed by atoms with Crippen LogP contribution in [0.1, 0.15) is 38.5 Å². The zero-order valence-electron chi connectivity index (χ0n) is 17.2. The second-order valence-corrected chi connectivity index (χ2v) is 8.26. The summed E-state index contributed by atoms with van der Waals surface area (Å²) in [5, 5.41) is 7.22. The monoisotopic (exact) mass is 438 g/mol. The largest absolute Gasteiger partial charge is 0.347 e. The second-order valence-electron chi connectivity index (χ2n) is 7.38. The van der Waals surface area contributed by atoms with Crippen LogP contribution in [-0.4, -0.2) is 39.3 Å². The third-order valence-electron chi connectivity index (χ3n) is 5.22. The average molecular weight is 439 g/mol. The number of hydrogen-bond acceptors (Lipinski definition) is 4. The van der Waals surface area contributed by atoms with E-state index in [4.69, 9.17) is 0 Å². The van der Waals surface area contributed by atoms with Crippen LogP contribution < -0.4 is 5.32 Å². The Bertz CT molecular complexity index is 1080. The zero-order valence-corrected chi connectivity index (χ0v) is 18.0. The summed E-state index contributed by atoms with van der Waals surface area (Å²) in [6.45, 7) is 1.91. The summed E-state index contributed by atoms with van der Waals surface area (Å²) in [6.07, 6.45) is 2.74. The molecule has 3 aromatic rings. The molecule has 2 amide bonds. The van der Waals surface area contributed by atoms with E-state index in [2.05, 4.69) is 10.4 Å². The summed E-state index contributed by atoms with van der Waals surface area (Å²) < 4.78 is 14.8. The number of aryl methyl sites for hydroxylation is 1. The van der Waals surface area contributed by atoms with Crippen molar-refractivity contribution in [3.63, 3.8) is 0 Å². The maximum absolute atomic E-state index is 13.2. The normalized spacial score (nSPS) is 13.6. The molecule has 0 fully saturated rings. The number of benzene rings is 2. The maximum Gasteiger partial charge on any atom is 0.272 e. The van der Waals surface area contributed by atoms with Crippen LogP contribution in [0.15, 0.2) is 59.5 Å². The van der Waals surface area contributed by atoms with Crippen molar-refractivity contribution in [1.82, 2.24) is 20.0 Å². The van der Waals surface area contributed by atoms with E-state index in [-0.39, 0.29) is 23.3 Å². The Kier molecular flexibility index (Phi) is 6.36. The lowest BCUT2D eigenvalue weighted by Gasteiger charge is -2.20. The topological polar surface area (TPSA) is 67.2 Å². The number of fused-ring (bicyclic) bond motifs is 1. The molecule has 160 valence electrons. The molecule has 2 aromatic carbocycles. The fourth-order valence-corrected chi connectivity index (χ4v) is 3.93. The van der Waals surface area contributed by atoms with Crippen LogP contribution in [0.4, 0.5) is 4.39 Å². The Morgan fingerprint density at radius 3 is 2.52 bits per heavy atom. The Hall–Kier alpha value is -3.13. The number of amides is 2. The number of halogens is 1. The molecular weight excluding hydrogens is 415 g/mol. The van der Waals surface area contributed by atoms with Crippen LogP contribution in [-0.2, 0) is 19.6 Å². The summed E-state index contributed by atoms with van der Waals surface area (Å²) in [5.74, 6) is -0.798. The first-order chi connectivity index (χ1) is 15.0. The van der Waals surface area contributed by atoms with Crippen LogP contribution in [0.25, 0.3) is 0 Å². The number of carbonyl (C=O) groups excluding carboxylic acids is 2. The Labute approximate surface area is 184 Å². The molecule has 0 saturated carbocycles. The van der Waals surface area contributed by atoms with Crippen LogP contribution >= 0.6 is 11.8 Å². The van der Waals surface area contributed by atoms with Crippen molar-refractivity contribution < 1.29 is 14.0 Å². The molecule has 0 unspecified atom stereocenters. The van der Waals surface area contributed by atoms with E-state index in [1.165, 1.54) is 12.1 Å². The predicted molar refractivity (Wildman–Crippen MR) is 117 cm³/mol. The summed E-state index contributed by atoms with van der Waals surface area (Å²) in [7, 11) is 0. The molecule has 0 radical (unpaired) electrons. The number of aromatic nitrogens is 2. The molecule has 0 spiro atoms. The standard InChI is InChI=1S/C23H23FN4O2S/c1-31-19-9-5-16(6-10-19)14-25-22(29)20-13-21-23(30)27(11-2-12-28(21)26-20)15-17-3-7-18(24)8-4-17/h3-10,13H,2,11-12,14-15H2,1H3,(H,25,29). The average Bonchev–Trinajstić information content (AvgIpc) is 3.16. The van der Waals surface area contributed by atoms with Gasteiger partial charge in [-0.15, -0.1) is 11.8 Å². The van der Waals surface area contributed by atoms with E-state index in [0.29, 0.717) is 31.9 Å². The number of thioether (sulfide) groups is 1. The third kappa shape index (κ3) is 4.96. The third-order valence-corrected chi connectivity index (χ3v) is 5.96. The van der Waals surface area contributed by atoms with Gasteiger partial charge in [0.1, 0.15) is 11.5 Å². The molecule has 2 heterocycles. The second kappa shape index (κ2) is 9.34. The summed E-state index contributed by atoms with van der Waals surface area (Å²) >= 11 is 1.66. The first-order valence-corrected chi connectivity index (χ1v) is 11.3. The highest BCUT2D eigenvalue weighted by Crippen LogP contribution is 2.18. The number of hydrogen-bond donors (Lipinski definition) is 1. The van der Waals surface area contributed by atoms with Gasteiger partial charge in [0.15, 0.2) is 5.69 Å². The van der Waals surface area contributed by atoms with Crippen LogP contribution in [0, 0.1) is 5.82 Å². The lowest BCUT2D eigenvalue weighted by atomic mass is 10.2. The molecule has 0 aliphatic carbocycles. The first kappa shape index (κ1) is 21.1. The summed E-state index contributed by atoms with van der Waals surface area (Å²) in [6, 6.07) is 15.7. The Balaban J connectivity index is 1.44. The fourth-order valence-electron chi connectivity index (χ4n) is 3.52. The van der Waals surface area contributed by atoms with Gasteiger partial charge in [0, 0.05) is 37.1 Å². The quantitative estimate of drug-likeness (QED) is 0.596. The van der Waals surface area contributed by atoms with Crippen molar-refractivity contribution in [2.75, 3.05) is 12.8 Å². The number of nitrogens with zero attached hydrogens (tertiary/aromatic N) is 3.